The van der Waals surface area contributed by atoms with Crippen LogP contribution in [-0.2, 0) is 6.54 Å². The molecule has 0 aliphatic heterocycles. The molecule has 20 heavy (non-hydrogen) atoms. The van der Waals surface area contributed by atoms with Gasteiger partial charge in [-0.3, -0.25) is 0 Å². The summed E-state index contributed by atoms with van der Waals surface area (Å²) in [7, 11) is 0. The van der Waals surface area contributed by atoms with E-state index in [1.807, 2.05) is 30.3 Å². The number of benzene rings is 2. The van der Waals surface area contributed by atoms with E-state index in [9.17, 15) is 14.8 Å². The number of aromatic hydroxyl groups is 1. The van der Waals surface area contributed by atoms with Gasteiger partial charge in [-0.15, -0.1) is 4.91 Å². The van der Waals surface area contributed by atoms with Gasteiger partial charge in [-0.05, 0) is 22.9 Å². The van der Waals surface area contributed by atoms with Gasteiger partial charge in [0.25, 0.3) is 0 Å². The lowest BCUT2D eigenvalue weighted by Crippen LogP contribution is -2.28. The van der Waals surface area contributed by atoms with E-state index in [1.54, 1.807) is 0 Å². The molecule has 0 aliphatic rings. The maximum atomic E-state index is 11.7. The Hall–Kier alpha value is -2.89. The van der Waals surface area contributed by atoms with Gasteiger partial charge < -0.3 is 15.7 Å². The van der Waals surface area contributed by atoms with Gasteiger partial charge in [0.2, 0.25) is 0 Å². The van der Waals surface area contributed by atoms with Crippen molar-refractivity contribution in [2.75, 3.05) is 5.32 Å². The highest BCUT2D eigenvalue weighted by atomic mass is 16.3. The highest BCUT2D eigenvalue weighted by molar-refractivity contribution is 5.91. The number of hydrogen-bond donors (Lipinski definition) is 3. The summed E-state index contributed by atoms with van der Waals surface area (Å²) in [5, 5.41) is 17.4. The third-order valence-electron chi connectivity index (χ3n) is 2.63. The van der Waals surface area contributed by atoms with E-state index in [1.165, 1.54) is 18.2 Å². The quantitative estimate of drug-likeness (QED) is 0.589. The first-order chi connectivity index (χ1) is 9.69. The van der Waals surface area contributed by atoms with Crippen LogP contribution in [0.4, 0.5) is 16.2 Å². The fourth-order valence-electron chi connectivity index (χ4n) is 1.63. The van der Waals surface area contributed by atoms with Crippen molar-refractivity contribution >= 4 is 17.4 Å². The topological polar surface area (TPSA) is 90.8 Å². The van der Waals surface area contributed by atoms with Gasteiger partial charge in [-0.1, -0.05) is 30.3 Å². The number of urea groups is 1. The Morgan fingerprint density at radius 3 is 2.55 bits per heavy atom. The Morgan fingerprint density at radius 2 is 1.90 bits per heavy atom. The number of nitroso groups, excluding NO2 is 1. The fraction of sp³-hybridized carbons (Fsp3) is 0.0714. The minimum Gasteiger partial charge on any atom is -0.506 e. The smallest absolute Gasteiger partial charge is 0.319 e. The van der Waals surface area contributed by atoms with E-state index in [2.05, 4.69) is 15.8 Å². The lowest BCUT2D eigenvalue weighted by molar-refractivity contribution is 0.251. The number of nitrogens with one attached hydrogen (secondary N) is 2. The Balaban J connectivity index is 1.93. The summed E-state index contributed by atoms with van der Waals surface area (Å²) in [6.07, 6.45) is 0. The van der Waals surface area contributed by atoms with Crippen molar-refractivity contribution in [1.29, 1.82) is 0 Å². The van der Waals surface area contributed by atoms with Crippen LogP contribution in [0.5, 0.6) is 5.75 Å². The zero-order chi connectivity index (χ0) is 14.4. The van der Waals surface area contributed by atoms with Crippen LogP contribution in [0.3, 0.4) is 0 Å². The molecule has 2 aromatic rings. The van der Waals surface area contributed by atoms with Gasteiger partial charge in [0.15, 0.2) is 0 Å². The molecule has 2 rings (SSSR count). The molecule has 2 amide bonds. The Morgan fingerprint density at radius 1 is 1.15 bits per heavy atom. The molecular weight excluding hydrogens is 258 g/mol. The van der Waals surface area contributed by atoms with Crippen LogP contribution in [-0.4, -0.2) is 11.1 Å². The number of amides is 2. The molecule has 6 heteroatoms. The molecule has 3 N–H and O–H groups in total. The summed E-state index contributed by atoms with van der Waals surface area (Å²) in [5.41, 5.74) is 1.27. The van der Waals surface area contributed by atoms with E-state index < -0.39 is 6.03 Å². The largest absolute Gasteiger partial charge is 0.506 e. The van der Waals surface area contributed by atoms with E-state index in [0.717, 1.165) is 5.56 Å². The highest BCUT2D eigenvalue weighted by Crippen LogP contribution is 2.27. The molecule has 2 aromatic carbocycles. The number of carbonyl (C=O) groups excluding carboxylic acids is 1. The first kappa shape index (κ1) is 13.5. The lowest BCUT2D eigenvalue weighted by atomic mass is 10.2. The van der Waals surface area contributed by atoms with Gasteiger partial charge in [0.05, 0.1) is 5.69 Å². The van der Waals surface area contributed by atoms with E-state index in [-0.39, 0.29) is 17.1 Å². The molecule has 0 saturated heterocycles. The predicted molar refractivity (Wildman–Crippen MR) is 75.9 cm³/mol. The van der Waals surface area contributed by atoms with Crippen molar-refractivity contribution in [3.63, 3.8) is 0 Å². The van der Waals surface area contributed by atoms with Gasteiger partial charge in [0, 0.05) is 12.6 Å². The average molecular weight is 271 g/mol. The first-order valence-corrected chi connectivity index (χ1v) is 5.94. The van der Waals surface area contributed by atoms with Crippen LogP contribution >= 0.6 is 0 Å². The molecule has 6 nitrogen and oxygen atoms in total. The number of phenolic OH excluding ortho intramolecular Hbond substituents is 1. The van der Waals surface area contributed by atoms with Crippen LogP contribution in [0, 0.1) is 4.91 Å². The number of phenols is 1. The SMILES string of the molecule is O=Nc1ccc(NC(=O)NCc2ccccc2)c(O)c1. The first-order valence-electron chi connectivity index (χ1n) is 5.94. The Kier molecular flexibility index (Phi) is 4.28. The fourth-order valence-corrected chi connectivity index (χ4v) is 1.63. The number of nitrogens with zero attached hydrogens (tertiary/aromatic N) is 1. The van der Waals surface area contributed by atoms with Crippen LogP contribution in [0.1, 0.15) is 5.56 Å². The second-order valence-corrected chi connectivity index (χ2v) is 4.09. The Labute approximate surface area is 115 Å². The Bertz CT molecular complexity index is 614. The second kappa shape index (κ2) is 6.33. The van der Waals surface area contributed by atoms with Crippen LogP contribution in [0.25, 0.3) is 0 Å². The molecule has 0 aliphatic carbocycles. The highest BCUT2D eigenvalue weighted by Gasteiger charge is 2.07. The summed E-state index contributed by atoms with van der Waals surface area (Å²) in [6.45, 7) is 0.376. The minimum atomic E-state index is -0.448. The molecule has 0 unspecified atom stereocenters. The number of hydrogen-bond acceptors (Lipinski definition) is 4. The van der Waals surface area contributed by atoms with E-state index in [0.29, 0.717) is 6.54 Å². The second-order valence-electron chi connectivity index (χ2n) is 4.09. The molecule has 0 heterocycles. The predicted octanol–water partition coefficient (Wildman–Crippen LogP) is 3.11. The summed E-state index contributed by atoms with van der Waals surface area (Å²) < 4.78 is 0. The van der Waals surface area contributed by atoms with E-state index >= 15 is 0 Å². The van der Waals surface area contributed by atoms with Crippen molar-refractivity contribution in [3.8, 4) is 5.75 Å². The summed E-state index contributed by atoms with van der Waals surface area (Å²) in [4.78, 5) is 22.0. The standard InChI is InChI=1S/C14H13N3O3/c18-13-8-11(17-20)6-7-12(13)16-14(19)15-9-10-4-2-1-3-5-10/h1-8,18H,9H2,(H2,15,16,19). The molecule has 0 aromatic heterocycles. The lowest BCUT2D eigenvalue weighted by Gasteiger charge is -2.09. The monoisotopic (exact) mass is 271 g/mol. The van der Waals surface area contributed by atoms with Crippen molar-refractivity contribution in [3.05, 3.63) is 59.0 Å². The number of anilines is 1. The molecule has 0 saturated carbocycles. The molecule has 0 atom stereocenters. The van der Waals surface area contributed by atoms with Crippen molar-refractivity contribution in [2.24, 2.45) is 5.18 Å². The third-order valence-corrected chi connectivity index (χ3v) is 2.63. The van der Waals surface area contributed by atoms with Crippen molar-refractivity contribution < 1.29 is 9.90 Å². The molecule has 0 spiro atoms. The summed E-state index contributed by atoms with van der Waals surface area (Å²) >= 11 is 0. The minimum absolute atomic E-state index is 0.0951. The maximum absolute atomic E-state index is 11.7. The summed E-state index contributed by atoms with van der Waals surface area (Å²) in [6, 6.07) is 13.0. The molecule has 0 fully saturated rings. The zero-order valence-electron chi connectivity index (χ0n) is 10.5. The summed E-state index contributed by atoms with van der Waals surface area (Å²) in [5.74, 6) is -0.211. The van der Waals surface area contributed by atoms with Crippen LogP contribution < -0.4 is 10.6 Å². The number of rotatable bonds is 4. The molecular formula is C14H13N3O3. The van der Waals surface area contributed by atoms with Crippen LogP contribution in [0.2, 0.25) is 0 Å². The molecule has 0 radical (unpaired) electrons. The third kappa shape index (κ3) is 3.55. The number of carbonyl (C=O) groups is 1. The normalized spacial score (nSPS) is 9.80. The van der Waals surface area contributed by atoms with Crippen molar-refractivity contribution in [1.82, 2.24) is 5.32 Å². The maximum Gasteiger partial charge on any atom is 0.319 e. The molecule has 102 valence electrons. The van der Waals surface area contributed by atoms with Crippen molar-refractivity contribution in [2.45, 2.75) is 6.54 Å². The van der Waals surface area contributed by atoms with Gasteiger partial charge in [-0.2, -0.15) is 0 Å². The van der Waals surface area contributed by atoms with Gasteiger partial charge in [-0.25, -0.2) is 4.79 Å². The molecule has 0 bridgehead atoms. The van der Waals surface area contributed by atoms with Gasteiger partial charge >= 0.3 is 6.03 Å². The average Bonchev–Trinajstić information content (AvgIpc) is 2.48. The van der Waals surface area contributed by atoms with Crippen LogP contribution in [0.15, 0.2) is 53.7 Å². The van der Waals surface area contributed by atoms with E-state index in [4.69, 9.17) is 0 Å². The van der Waals surface area contributed by atoms with Gasteiger partial charge in [0.1, 0.15) is 11.4 Å². The zero-order valence-corrected chi connectivity index (χ0v) is 10.5.